The lowest BCUT2D eigenvalue weighted by Crippen LogP contribution is -2.36. The molecule has 0 radical (unpaired) electrons. The second-order valence-electron chi connectivity index (χ2n) is 11.2. The molecule has 1 aliphatic rings. The molecule has 13 nitrogen and oxygen atoms in total. The molecule has 0 bridgehead atoms. The third kappa shape index (κ3) is 8.04. The molecule has 1 fully saturated rings. The molecule has 236 valence electrons. The molecule has 0 aliphatic carbocycles. The highest BCUT2D eigenvalue weighted by atomic mass is 16.5. The van der Waals surface area contributed by atoms with E-state index in [1.807, 2.05) is 45.0 Å². The van der Waals surface area contributed by atoms with Crippen molar-refractivity contribution in [1.29, 1.82) is 0 Å². The van der Waals surface area contributed by atoms with E-state index in [0.717, 1.165) is 38.0 Å². The van der Waals surface area contributed by atoms with Gasteiger partial charge in [-0.25, -0.2) is 4.79 Å². The zero-order chi connectivity index (χ0) is 31.8. The lowest BCUT2D eigenvalue weighted by molar-refractivity contribution is -0.136. The van der Waals surface area contributed by atoms with E-state index in [9.17, 15) is 24.6 Å². The number of aromatic hydroxyl groups is 2. The SMILES string of the molecule is CCNC(=O)c1nnc(-c2cc(C(C)C)c(O)cc2O)n1-c1ccc(CN2CCC(COC(=O)NCCC(=O)O)CC2)cc1. The average molecular weight is 609 g/mol. The number of phenols is 2. The molecule has 0 atom stereocenters. The van der Waals surface area contributed by atoms with Crippen molar-refractivity contribution in [2.75, 3.05) is 32.8 Å². The first-order valence-corrected chi connectivity index (χ1v) is 14.8. The molecule has 1 aromatic heterocycles. The van der Waals surface area contributed by atoms with Crippen molar-refractivity contribution in [3.05, 3.63) is 53.3 Å². The number of nitrogens with zero attached hydrogens (tertiary/aromatic N) is 4. The highest BCUT2D eigenvalue weighted by molar-refractivity contribution is 5.92. The lowest BCUT2D eigenvalue weighted by atomic mass is 9.97. The number of ether oxygens (including phenoxy) is 1. The van der Waals surface area contributed by atoms with Gasteiger partial charge >= 0.3 is 12.1 Å². The van der Waals surface area contributed by atoms with Crippen LogP contribution in [0.4, 0.5) is 4.79 Å². The molecule has 2 heterocycles. The molecule has 13 heteroatoms. The van der Waals surface area contributed by atoms with Crippen LogP contribution in [0.15, 0.2) is 36.4 Å². The zero-order valence-electron chi connectivity index (χ0n) is 25.2. The predicted molar refractivity (Wildman–Crippen MR) is 162 cm³/mol. The summed E-state index contributed by atoms with van der Waals surface area (Å²) < 4.78 is 6.85. The van der Waals surface area contributed by atoms with Gasteiger partial charge in [0.1, 0.15) is 11.5 Å². The number of hydrogen-bond donors (Lipinski definition) is 5. The minimum atomic E-state index is -0.977. The minimum Gasteiger partial charge on any atom is -0.508 e. The number of amides is 2. The van der Waals surface area contributed by atoms with Gasteiger partial charge in [0.15, 0.2) is 5.82 Å². The molecule has 0 unspecified atom stereocenters. The number of piperidine rings is 1. The molecule has 0 saturated carbocycles. The fourth-order valence-corrected chi connectivity index (χ4v) is 5.16. The molecule has 2 aromatic carbocycles. The first-order chi connectivity index (χ1) is 21.1. The molecule has 44 heavy (non-hydrogen) atoms. The van der Waals surface area contributed by atoms with Gasteiger partial charge < -0.3 is 30.7 Å². The van der Waals surface area contributed by atoms with Crippen molar-refractivity contribution in [1.82, 2.24) is 30.3 Å². The zero-order valence-corrected chi connectivity index (χ0v) is 25.2. The van der Waals surface area contributed by atoms with E-state index < -0.39 is 18.0 Å². The van der Waals surface area contributed by atoms with Gasteiger partial charge in [-0.3, -0.25) is 19.1 Å². The third-order valence-electron chi connectivity index (χ3n) is 7.58. The van der Waals surface area contributed by atoms with Crippen molar-refractivity contribution in [2.24, 2.45) is 5.92 Å². The molecule has 1 saturated heterocycles. The third-order valence-corrected chi connectivity index (χ3v) is 7.58. The number of alkyl carbamates (subject to hydrolysis) is 1. The number of likely N-dealkylation sites (tertiary alicyclic amines) is 1. The summed E-state index contributed by atoms with van der Waals surface area (Å²) >= 11 is 0. The van der Waals surface area contributed by atoms with E-state index in [-0.39, 0.29) is 47.9 Å². The fourth-order valence-electron chi connectivity index (χ4n) is 5.16. The standard InChI is InChI=1S/C31H40N6O7/c1-4-32-30(42)29-35-34-28(24-15-23(19(2)3)25(38)16-26(24)39)37(29)22-7-5-20(6-8-22)17-36-13-10-21(11-14-36)18-44-31(43)33-12-9-27(40)41/h5-8,15-16,19,21,38-39H,4,9-14,17-18H2,1-3H3,(H,32,42)(H,33,43)(H,40,41). The van der Waals surface area contributed by atoms with E-state index in [1.165, 1.54) is 6.07 Å². The largest absolute Gasteiger partial charge is 0.508 e. The van der Waals surface area contributed by atoms with Gasteiger partial charge in [0.05, 0.1) is 18.6 Å². The number of rotatable bonds is 12. The van der Waals surface area contributed by atoms with Crippen LogP contribution >= 0.6 is 0 Å². The smallest absolute Gasteiger partial charge is 0.407 e. The number of carbonyl (C=O) groups is 3. The maximum absolute atomic E-state index is 12.9. The molecule has 1 aliphatic heterocycles. The quantitative estimate of drug-likeness (QED) is 0.204. The van der Waals surface area contributed by atoms with Gasteiger partial charge in [-0.15, -0.1) is 10.2 Å². The maximum atomic E-state index is 12.9. The molecular formula is C31H40N6O7. The van der Waals surface area contributed by atoms with Crippen LogP contribution in [0, 0.1) is 5.92 Å². The molecule has 4 rings (SSSR count). The number of phenolic OH excluding ortho intramolecular Hbond substituents is 2. The van der Waals surface area contributed by atoms with E-state index in [2.05, 4.69) is 25.7 Å². The summed E-state index contributed by atoms with van der Waals surface area (Å²) in [5.74, 6) is -0.988. The van der Waals surface area contributed by atoms with Crippen LogP contribution in [-0.2, 0) is 16.1 Å². The Morgan fingerprint density at radius 3 is 2.36 bits per heavy atom. The Balaban J connectivity index is 1.44. The molecule has 2 amide bonds. The molecule has 0 spiro atoms. The maximum Gasteiger partial charge on any atom is 0.407 e. The number of carboxylic acid groups (broad SMARTS) is 1. The second-order valence-corrected chi connectivity index (χ2v) is 11.2. The van der Waals surface area contributed by atoms with Crippen molar-refractivity contribution >= 4 is 18.0 Å². The number of aliphatic carboxylic acids is 1. The van der Waals surface area contributed by atoms with E-state index >= 15 is 0 Å². The van der Waals surface area contributed by atoms with Gasteiger partial charge in [0, 0.05) is 31.4 Å². The highest BCUT2D eigenvalue weighted by Gasteiger charge is 2.25. The van der Waals surface area contributed by atoms with Gasteiger partial charge in [0.25, 0.3) is 5.91 Å². The first kappa shape index (κ1) is 32.3. The van der Waals surface area contributed by atoms with E-state index in [1.54, 1.807) is 10.6 Å². The van der Waals surface area contributed by atoms with E-state index in [4.69, 9.17) is 9.84 Å². The van der Waals surface area contributed by atoms with Crippen LogP contribution in [0.1, 0.15) is 67.7 Å². The summed E-state index contributed by atoms with van der Waals surface area (Å²) in [5, 5.41) is 43.4. The van der Waals surface area contributed by atoms with Gasteiger partial charge in [-0.2, -0.15) is 0 Å². The number of benzene rings is 2. The fraction of sp³-hybridized carbons (Fsp3) is 0.452. The second kappa shape index (κ2) is 14.7. The van der Waals surface area contributed by atoms with Crippen molar-refractivity contribution in [2.45, 2.75) is 52.5 Å². The number of carbonyl (C=O) groups excluding carboxylic acids is 2. The summed E-state index contributed by atoms with van der Waals surface area (Å²) in [6.07, 6.45) is 0.997. The Morgan fingerprint density at radius 1 is 1.02 bits per heavy atom. The Kier molecular flexibility index (Phi) is 10.8. The van der Waals surface area contributed by atoms with Crippen LogP contribution in [0.2, 0.25) is 0 Å². The van der Waals surface area contributed by atoms with Crippen LogP contribution in [0.5, 0.6) is 11.5 Å². The Hall–Kier alpha value is -4.65. The normalized spacial score (nSPS) is 14.0. The van der Waals surface area contributed by atoms with Crippen molar-refractivity contribution in [3.8, 4) is 28.6 Å². The number of carboxylic acids is 1. The summed E-state index contributed by atoms with van der Waals surface area (Å²) in [5.41, 5.74) is 2.70. The Bertz CT molecular complexity index is 1460. The Morgan fingerprint density at radius 2 is 1.73 bits per heavy atom. The monoisotopic (exact) mass is 608 g/mol. The molecule has 3 aromatic rings. The summed E-state index contributed by atoms with van der Waals surface area (Å²) in [7, 11) is 0. The van der Waals surface area contributed by atoms with E-state index in [0.29, 0.717) is 30.0 Å². The predicted octanol–water partition coefficient (Wildman–Crippen LogP) is 3.63. The number of aromatic nitrogens is 3. The van der Waals surface area contributed by atoms with Gasteiger partial charge in [0.2, 0.25) is 5.82 Å². The van der Waals surface area contributed by atoms with Crippen molar-refractivity contribution < 1.29 is 34.4 Å². The summed E-state index contributed by atoms with van der Waals surface area (Å²) in [6.45, 7) is 8.82. The van der Waals surface area contributed by atoms with Crippen LogP contribution in [0.25, 0.3) is 17.1 Å². The highest BCUT2D eigenvalue weighted by Crippen LogP contribution is 2.38. The van der Waals surface area contributed by atoms with Gasteiger partial charge in [-0.1, -0.05) is 26.0 Å². The molecule has 5 N–H and O–H groups in total. The van der Waals surface area contributed by atoms with Crippen LogP contribution in [0.3, 0.4) is 0 Å². The van der Waals surface area contributed by atoms with Crippen LogP contribution in [-0.4, -0.2) is 85.7 Å². The topological polar surface area (TPSA) is 179 Å². The molecular weight excluding hydrogens is 568 g/mol. The van der Waals surface area contributed by atoms with Crippen molar-refractivity contribution in [3.63, 3.8) is 0 Å². The van der Waals surface area contributed by atoms with Crippen LogP contribution < -0.4 is 10.6 Å². The minimum absolute atomic E-state index is 0.0135. The first-order valence-electron chi connectivity index (χ1n) is 14.8. The summed E-state index contributed by atoms with van der Waals surface area (Å²) in [6, 6.07) is 10.7. The summed E-state index contributed by atoms with van der Waals surface area (Å²) in [4.78, 5) is 37.6. The Labute approximate surface area is 255 Å². The number of hydrogen-bond acceptors (Lipinski definition) is 9. The average Bonchev–Trinajstić information content (AvgIpc) is 3.42. The number of nitrogens with one attached hydrogen (secondary N) is 2. The lowest BCUT2D eigenvalue weighted by Gasteiger charge is -2.31. The van der Waals surface area contributed by atoms with Gasteiger partial charge in [-0.05, 0) is 74.0 Å².